The van der Waals surface area contributed by atoms with Gasteiger partial charge in [0.25, 0.3) is 5.91 Å². The number of likely N-dealkylation sites (N-methyl/N-ethyl adjacent to an activating group) is 1. The number of carbonyl (C=O) groups is 2. The number of rotatable bonds is 6. The third-order valence-electron chi connectivity index (χ3n) is 4.86. The number of aromatic nitrogens is 3. The molecule has 0 aromatic carbocycles. The minimum Gasteiger partial charge on any atom is -0.345 e. The van der Waals surface area contributed by atoms with E-state index in [0.717, 1.165) is 12.8 Å². The fourth-order valence-corrected chi connectivity index (χ4v) is 3.01. The Morgan fingerprint density at radius 1 is 1.31 bits per heavy atom. The number of pyridine rings is 1. The number of carbonyl (C=O) groups excluding carboxylic acids is 2. The van der Waals surface area contributed by atoms with Gasteiger partial charge in [-0.05, 0) is 25.0 Å². The molecular weight excluding hydrogens is 334 g/mol. The van der Waals surface area contributed by atoms with Crippen LogP contribution in [0.5, 0.6) is 0 Å². The molecule has 3 heterocycles. The van der Waals surface area contributed by atoms with Crippen LogP contribution in [0.1, 0.15) is 41.0 Å². The van der Waals surface area contributed by atoms with Gasteiger partial charge in [-0.15, -0.1) is 0 Å². The molecule has 0 atom stereocenters. The molecule has 26 heavy (non-hydrogen) atoms. The van der Waals surface area contributed by atoms with Crippen LogP contribution in [0.15, 0.2) is 28.9 Å². The first-order valence-electron chi connectivity index (χ1n) is 8.89. The monoisotopic (exact) mass is 355 g/mol. The third kappa shape index (κ3) is 3.44. The maximum absolute atomic E-state index is 12.3. The van der Waals surface area contributed by atoms with Crippen LogP contribution < -0.4 is 0 Å². The summed E-state index contributed by atoms with van der Waals surface area (Å²) >= 11 is 0. The first-order chi connectivity index (χ1) is 12.6. The molecule has 2 aromatic heterocycles. The Bertz CT molecular complexity index is 796. The van der Waals surface area contributed by atoms with Gasteiger partial charge in [0.2, 0.25) is 11.8 Å². The van der Waals surface area contributed by atoms with Gasteiger partial charge in [-0.1, -0.05) is 11.2 Å². The minimum absolute atomic E-state index is 0.0646. The van der Waals surface area contributed by atoms with E-state index in [1.165, 1.54) is 0 Å². The zero-order chi connectivity index (χ0) is 18.1. The lowest BCUT2D eigenvalue weighted by Crippen LogP contribution is -2.48. The Morgan fingerprint density at radius 2 is 2.12 bits per heavy atom. The van der Waals surface area contributed by atoms with Gasteiger partial charge in [0.1, 0.15) is 5.69 Å². The lowest BCUT2D eigenvalue weighted by Gasteiger charge is -2.36. The lowest BCUT2D eigenvalue weighted by atomic mass is 9.99. The average molecular weight is 355 g/mol. The van der Waals surface area contributed by atoms with Gasteiger partial charge in [0, 0.05) is 45.2 Å². The predicted molar refractivity (Wildman–Crippen MR) is 91.2 cm³/mol. The quantitative estimate of drug-likeness (QED) is 0.771. The van der Waals surface area contributed by atoms with Crippen LogP contribution in [0.4, 0.5) is 0 Å². The average Bonchev–Trinajstić information content (AvgIpc) is 3.38. The van der Waals surface area contributed by atoms with E-state index in [2.05, 4.69) is 15.1 Å². The summed E-state index contributed by atoms with van der Waals surface area (Å²) in [6, 6.07) is 5.29. The molecule has 0 radical (unpaired) electrons. The van der Waals surface area contributed by atoms with Gasteiger partial charge in [-0.25, -0.2) is 0 Å². The molecular formula is C18H21N5O3. The summed E-state index contributed by atoms with van der Waals surface area (Å²) < 4.78 is 5.34. The number of nitrogens with zero attached hydrogens (tertiary/aromatic N) is 5. The standard InChI is InChI=1S/C18H21N5O3/c1-22(17(24)12-5-6-12)9-7-15-20-16(26-21-15)13-10-23(11-13)18(25)14-4-2-3-8-19-14/h2-4,8,12-13H,5-7,9-11H2,1H3. The fourth-order valence-electron chi connectivity index (χ4n) is 3.01. The van der Waals surface area contributed by atoms with E-state index < -0.39 is 0 Å². The summed E-state index contributed by atoms with van der Waals surface area (Å²) in [5, 5.41) is 4.00. The molecule has 2 aliphatic rings. The van der Waals surface area contributed by atoms with E-state index in [4.69, 9.17) is 4.52 Å². The summed E-state index contributed by atoms with van der Waals surface area (Å²) in [5.74, 6) is 1.57. The topological polar surface area (TPSA) is 92.4 Å². The van der Waals surface area contributed by atoms with Crippen molar-refractivity contribution in [1.29, 1.82) is 0 Å². The lowest BCUT2D eigenvalue weighted by molar-refractivity contribution is -0.131. The molecule has 8 heteroatoms. The van der Waals surface area contributed by atoms with Crippen LogP contribution in [0.2, 0.25) is 0 Å². The van der Waals surface area contributed by atoms with E-state index in [1.54, 1.807) is 34.2 Å². The molecule has 2 fully saturated rings. The van der Waals surface area contributed by atoms with Crippen LogP contribution >= 0.6 is 0 Å². The van der Waals surface area contributed by atoms with Crippen LogP contribution in [0, 0.1) is 5.92 Å². The molecule has 0 bridgehead atoms. The number of likely N-dealkylation sites (tertiary alicyclic amines) is 1. The zero-order valence-corrected chi connectivity index (χ0v) is 14.7. The Balaban J connectivity index is 1.27. The highest BCUT2D eigenvalue weighted by Crippen LogP contribution is 2.30. The molecule has 1 aliphatic heterocycles. The van der Waals surface area contributed by atoms with Gasteiger partial charge in [-0.3, -0.25) is 14.6 Å². The summed E-state index contributed by atoms with van der Waals surface area (Å²) in [7, 11) is 1.81. The van der Waals surface area contributed by atoms with Crippen LogP contribution in [0.25, 0.3) is 0 Å². The highest BCUT2D eigenvalue weighted by molar-refractivity contribution is 5.92. The fraction of sp³-hybridized carbons (Fsp3) is 0.500. The summed E-state index contributed by atoms with van der Waals surface area (Å²) in [6.45, 7) is 1.69. The molecule has 1 aliphatic carbocycles. The van der Waals surface area contributed by atoms with E-state index in [9.17, 15) is 9.59 Å². The van der Waals surface area contributed by atoms with Crippen molar-refractivity contribution >= 4 is 11.8 Å². The maximum atomic E-state index is 12.3. The van der Waals surface area contributed by atoms with Crippen molar-refractivity contribution in [3.8, 4) is 0 Å². The SMILES string of the molecule is CN(CCc1noc(C2CN(C(=O)c3ccccn3)C2)n1)C(=O)C1CC1. The molecule has 0 spiro atoms. The second-order valence-corrected chi connectivity index (χ2v) is 6.95. The van der Waals surface area contributed by atoms with Crippen molar-refractivity contribution in [2.45, 2.75) is 25.2 Å². The molecule has 0 N–H and O–H groups in total. The molecule has 1 saturated carbocycles. The van der Waals surface area contributed by atoms with Crippen molar-refractivity contribution in [3.05, 3.63) is 41.8 Å². The molecule has 8 nitrogen and oxygen atoms in total. The molecule has 2 amide bonds. The van der Waals surface area contributed by atoms with Crippen molar-refractivity contribution in [2.75, 3.05) is 26.7 Å². The Hall–Kier alpha value is -2.77. The summed E-state index contributed by atoms with van der Waals surface area (Å²) in [6.07, 6.45) is 4.19. The first kappa shape index (κ1) is 16.7. The van der Waals surface area contributed by atoms with E-state index in [-0.39, 0.29) is 23.7 Å². The normalized spacial score (nSPS) is 17.0. The van der Waals surface area contributed by atoms with Gasteiger partial charge >= 0.3 is 0 Å². The summed E-state index contributed by atoms with van der Waals surface area (Å²) in [4.78, 5) is 36.2. The zero-order valence-electron chi connectivity index (χ0n) is 14.7. The molecule has 0 unspecified atom stereocenters. The van der Waals surface area contributed by atoms with Crippen molar-refractivity contribution in [1.82, 2.24) is 24.9 Å². The smallest absolute Gasteiger partial charge is 0.272 e. The Morgan fingerprint density at radius 3 is 2.81 bits per heavy atom. The highest BCUT2D eigenvalue weighted by Gasteiger charge is 2.36. The number of amides is 2. The maximum Gasteiger partial charge on any atom is 0.272 e. The van der Waals surface area contributed by atoms with Crippen LogP contribution in [0.3, 0.4) is 0 Å². The third-order valence-corrected chi connectivity index (χ3v) is 4.86. The van der Waals surface area contributed by atoms with E-state index in [1.807, 2.05) is 7.05 Å². The second kappa shape index (κ2) is 6.86. The highest BCUT2D eigenvalue weighted by atomic mass is 16.5. The number of hydrogen-bond acceptors (Lipinski definition) is 6. The molecule has 1 saturated heterocycles. The van der Waals surface area contributed by atoms with E-state index in [0.29, 0.717) is 43.5 Å². The molecule has 136 valence electrons. The predicted octanol–water partition coefficient (Wildman–Crippen LogP) is 1.12. The summed E-state index contributed by atoms with van der Waals surface area (Å²) in [5.41, 5.74) is 0.445. The second-order valence-electron chi connectivity index (χ2n) is 6.95. The van der Waals surface area contributed by atoms with Gasteiger partial charge in [0.15, 0.2) is 5.82 Å². The molecule has 4 rings (SSSR count). The van der Waals surface area contributed by atoms with Crippen molar-refractivity contribution < 1.29 is 14.1 Å². The minimum atomic E-state index is -0.0817. The Kier molecular flexibility index (Phi) is 4.40. The van der Waals surface area contributed by atoms with E-state index >= 15 is 0 Å². The number of hydrogen-bond donors (Lipinski definition) is 0. The van der Waals surface area contributed by atoms with Crippen LogP contribution in [-0.4, -0.2) is 63.4 Å². The van der Waals surface area contributed by atoms with Crippen LogP contribution in [-0.2, 0) is 11.2 Å². The van der Waals surface area contributed by atoms with Gasteiger partial charge in [-0.2, -0.15) is 4.98 Å². The van der Waals surface area contributed by atoms with Gasteiger partial charge in [0.05, 0.1) is 5.92 Å². The largest absolute Gasteiger partial charge is 0.345 e. The Labute approximate surface area is 151 Å². The first-order valence-corrected chi connectivity index (χ1v) is 8.89. The molecule has 2 aromatic rings. The van der Waals surface area contributed by atoms with Gasteiger partial charge < -0.3 is 14.3 Å². The van der Waals surface area contributed by atoms with Crippen molar-refractivity contribution in [3.63, 3.8) is 0 Å². The van der Waals surface area contributed by atoms with Crippen molar-refractivity contribution in [2.24, 2.45) is 5.92 Å².